The van der Waals surface area contributed by atoms with Gasteiger partial charge in [-0.2, -0.15) is 4.91 Å². The van der Waals surface area contributed by atoms with Crippen LogP contribution >= 0.6 is 0 Å². The van der Waals surface area contributed by atoms with Crippen molar-refractivity contribution in [2.24, 2.45) is 5.18 Å². The summed E-state index contributed by atoms with van der Waals surface area (Å²) in [6.07, 6.45) is 6.81. The van der Waals surface area contributed by atoms with Crippen molar-refractivity contribution in [3.8, 4) is 11.4 Å². The number of nitroso groups, excluding NO2 is 1. The molecule has 2 unspecified atom stereocenters. The number of hydrogen-bond acceptors (Lipinski definition) is 6. The molecule has 8 nitrogen and oxygen atoms in total. The van der Waals surface area contributed by atoms with E-state index in [-0.39, 0.29) is 11.6 Å². The summed E-state index contributed by atoms with van der Waals surface area (Å²) in [5, 5.41) is 15.9. The maximum absolute atomic E-state index is 11.1. The number of imidazole rings is 1. The van der Waals surface area contributed by atoms with E-state index in [2.05, 4.69) is 15.5 Å². The van der Waals surface area contributed by atoms with Gasteiger partial charge in [0.1, 0.15) is 17.0 Å². The molecule has 144 valence electrons. The minimum atomic E-state index is -0.985. The molecule has 28 heavy (non-hydrogen) atoms. The van der Waals surface area contributed by atoms with Crippen molar-refractivity contribution in [3.05, 3.63) is 53.2 Å². The quantitative estimate of drug-likeness (QED) is 0.649. The fourth-order valence-electron chi connectivity index (χ4n) is 3.84. The van der Waals surface area contributed by atoms with E-state index in [4.69, 9.17) is 10.1 Å². The zero-order chi connectivity index (χ0) is 19.7. The number of nitrogens with zero attached hydrogens (tertiary/aromatic N) is 4. The first kappa shape index (κ1) is 18.1. The molecule has 0 aliphatic heterocycles. The number of carboxylic acids is 1. The summed E-state index contributed by atoms with van der Waals surface area (Å²) >= 11 is 0. The van der Waals surface area contributed by atoms with Crippen LogP contribution in [-0.4, -0.2) is 37.0 Å². The van der Waals surface area contributed by atoms with Crippen molar-refractivity contribution < 1.29 is 9.90 Å². The number of hydrogen-bond donors (Lipinski definition) is 2. The summed E-state index contributed by atoms with van der Waals surface area (Å²) in [6, 6.07) is 8.92. The SMILES string of the molecule is CC1(N=O)CCCC(Nc2cccc(-c3cnc4cc(C(=O)O)ccn34)n2)C1. The Balaban J connectivity index is 1.60. The number of carbonyl (C=O) groups is 1. The van der Waals surface area contributed by atoms with Crippen molar-refractivity contribution >= 4 is 17.4 Å². The number of fused-ring (bicyclic) bond motifs is 1. The Morgan fingerprint density at radius 2 is 2.25 bits per heavy atom. The molecule has 1 saturated carbocycles. The molecule has 4 rings (SSSR count). The number of anilines is 1. The van der Waals surface area contributed by atoms with Crippen LogP contribution in [0.1, 0.15) is 43.0 Å². The highest BCUT2D eigenvalue weighted by Gasteiger charge is 2.33. The molecule has 0 bridgehead atoms. The third-order valence-electron chi connectivity index (χ3n) is 5.30. The summed E-state index contributed by atoms with van der Waals surface area (Å²) in [5.41, 5.74) is 1.73. The van der Waals surface area contributed by atoms with Crippen molar-refractivity contribution in [1.82, 2.24) is 14.4 Å². The molecule has 0 radical (unpaired) electrons. The van der Waals surface area contributed by atoms with Crippen LogP contribution in [0.15, 0.2) is 47.9 Å². The smallest absolute Gasteiger partial charge is 0.335 e. The van der Waals surface area contributed by atoms with E-state index < -0.39 is 11.5 Å². The van der Waals surface area contributed by atoms with Crippen LogP contribution in [0.4, 0.5) is 5.82 Å². The van der Waals surface area contributed by atoms with Gasteiger partial charge in [-0.15, -0.1) is 0 Å². The molecule has 3 aromatic heterocycles. The van der Waals surface area contributed by atoms with Crippen LogP contribution in [-0.2, 0) is 0 Å². The monoisotopic (exact) mass is 379 g/mol. The van der Waals surface area contributed by atoms with E-state index in [0.717, 1.165) is 36.5 Å². The summed E-state index contributed by atoms with van der Waals surface area (Å²) < 4.78 is 1.81. The third-order valence-corrected chi connectivity index (χ3v) is 5.30. The highest BCUT2D eigenvalue weighted by atomic mass is 16.4. The van der Waals surface area contributed by atoms with Gasteiger partial charge in [0.25, 0.3) is 0 Å². The molecule has 8 heteroatoms. The van der Waals surface area contributed by atoms with Crippen molar-refractivity contribution in [2.45, 2.75) is 44.2 Å². The fourth-order valence-corrected chi connectivity index (χ4v) is 3.84. The molecule has 0 aromatic carbocycles. The first-order chi connectivity index (χ1) is 13.5. The molecule has 3 aromatic rings. The van der Waals surface area contributed by atoms with E-state index in [0.29, 0.717) is 12.1 Å². The van der Waals surface area contributed by atoms with E-state index in [9.17, 15) is 9.70 Å². The first-order valence-electron chi connectivity index (χ1n) is 9.26. The summed E-state index contributed by atoms with van der Waals surface area (Å²) in [7, 11) is 0. The predicted octanol–water partition coefficient (Wildman–Crippen LogP) is 3.97. The van der Waals surface area contributed by atoms with Gasteiger partial charge in [-0.1, -0.05) is 11.2 Å². The molecule has 0 spiro atoms. The largest absolute Gasteiger partial charge is 0.478 e. The number of aromatic carboxylic acids is 1. The Labute approximate surface area is 161 Å². The van der Waals surface area contributed by atoms with Crippen molar-refractivity contribution in [3.63, 3.8) is 0 Å². The lowest BCUT2D eigenvalue weighted by atomic mass is 9.81. The predicted molar refractivity (Wildman–Crippen MR) is 105 cm³/mol. The lowest BCUT2D eigenvalue weighted by molar-refractivity contribution is 0.0697. The van der Waals surface area contributed by atoms with E-state index >= 15 is 0 Å². The molecular formula is C20H21N5O3. The highest BCUT2D eigenvalue weighted by Crippen LogP contribution is 2.33. The van der Waals surface area contributed by atoms with Gasteiger partial charge in [0.05, 0.1) is 23.1 Å². The number of carboxylic acid groups (broad SMARTS) is 1. The van der Waals surface area contributed by atoms with E-state index in [1.54, 1.807) is 12.4 Å². The highest BCUT2D eigenvalue weighted by molar-refractivity contribution is 5.88. The van der Waals surface area contributed by atoms with Crippen LogP contribution < -0.4 is 5.32 Å². The lowest BCUT2D eigenvalue weighted by Gasteiger charge is -2.33. The normalized spacial score (nSPS) is 22.1. The van der Waals surface area contributed by atoms with Gasteiger partial charge in [-0.3, -0.25) is 4.40 Å². The average Bonchev–Trinajstić information content (AvgIpc) is 3.11. The van der Waals surface area contributed by atoms with Gasteiger partial charge in [0.15, 0.2) is 0 Å². The second-order valence-electron chi connectivity index (χ2n) is 7.53. The maximum Gasteiger partial charge on any atom is 0.335 e. The molecular weight excluding hydrogens is 358 g/mol. The Morgan fingerprint density at radius 3 is 3.04 bits per heavy atom. The maximum atomic E-state index is 11.1. The third kappa shape index (κ3) is 3.45. The molecule has 2 N–H and O–H groups in total. The number of nitrogens with one attached hydrogen (secondary N) is 1. The summed E-state index contributed by atoms with van der Waals surface area (Å²) in [6.45, 7) is 1.90. The van der Waals surface area contributed by atoms with Crippen LogP contribution in [0, 0.1) is 4.91 Å². The minimum absolute atomic E-state index is 0.152. The lowest BCUT2D eigenvalue weighted by Crippen LogP contribution is -2.36. The topological polar surface area (TPSA) is 109 Å². The Hall–Kier alpha value is -3.29. The average molecular weight is 379 g/mol. The zero-order valence-corrected chi connectivity index (χ0v) is 15.5. The number of pyridine rings is 2. The van der Waals surface area contributed by atoms with Gasteiger partial charge in [-0.05, 0) is 56.9 Å². The van der Waals surface area contributed by atoms with Gasteiger partial charge in [0, 0.05) is 12.2 Å². The molecule has 0 amide bonds. The Kier molecular flexibility index (Phi) is 4.54. The standard InChI is InChI=1S/C20H21N5O3/c1-20(24-28)8-3-4-14(11-20)22-17-6-2-5-15(23-17)16-12-21-18-10-13(19(26)27)7-9-25(16)18/h2,5-7,9-10,12,14H,3-4,8,11H2,1H3,(H,22,23)(H,26,27). The fraction of sp³-hybridized carbons (Fsp3) is 0.350. The summed E-state index contributed by atoms with van der Waals surface area (Å²) in [4.78, 5) is 31.3. The molecule has 3 heterocycles. The van der Waals surface area contributed by atoms with Crippen molar-refractivity contribution in [1.29, 1.82) is 0 Å². The molecule has 1 fully saturated rings. The van der Waals surface area contributed by atoms with Gasteiger partial charge in [0.2, 0.25) is 0 Å². The van der Waals surface area contributed by atoms with Gasteiger partial charge in [-0.25, -0.2) is 14.8 Å². The van der Waals surface area contributed by atoms with Crippen LogP contribution in [0.3, 0.4) is 0 Å². The van der Waals surface area contributed by atoms with Crippen molar-refractivity contribution in [2.75, 3.05) is 5.32 Å². The molecule has 2 atom stereocenters. The van der Waals surface area contributed by atoms with E-state index in [1.165, 1.54) is 12.1 Å². The molecule has 1 aliphatic carbocycles. The van der Waals surface area contributed by atoms with Crippen LogP contribution in [0.2, 0.25) is 0 Å². The molecule has 1 aliphatic rings. The van der Waals surface area contributed by atoms with Crippen LogP contribution in [0.5, 0.6) is 0 Å². The summed E-state index contributed by atoms with van der Waals surface area (Å²) in [5.74, 6) is -0.254. The number of rotatable bonds is 5. The Morgan fingerprint density at radius 1 is 1.39 bits per heavy atom. The van der Waals surface area contributed by atoms with E-state index in [1.807, 2.05) is 29.5 Å². The second kappa shape index (κ2) is 7.03. The second-order valence-corrected chi connectivity index (χ2v) is 7.53. The Bertz CT molecular complexity index is 1050. The zero-order valence-electron chi connectivity index (χ0n) is 15.5. The van der Waals surface area contributed by atoms with Gasteiger partial charge < -0.3 is 10.4 Å². The first-order valence-corrected chi connectivity index (χ1v) is 9.26. The molecule has 0 saturated heterocycles. The van der Waals surface area contributed by atoms with Crippen LogP contribution in [0.25, 0.3) is 17.0 Å². The minimum Gasteiger partial charge on any atom is -0.478 e. The number of aromatic nitrogens is 3. The van der Waals surface area contributed by atoms with Gasteiger partial charge >= 0.3 is 5.97 Å².